The number of aryl methyl sites for hydroxylation is 1. The molecule has 0 aliphatic rings. The number of benzene rings is 1. The summed E-state index contributed by atoms with van der Waals surface area (Å²) in [7, 11) is 0. The molecule has 0 unspecified atom stereocenters. The highest BCUT2D eigenvalue weighted by Crippen LogP contribution is 2.26. The highest BCUT2D eigenvalue weighted by molar-refractivity contribution is 5.76. The third kappa shape index (κ3) is 4.71. The second kappa shape index (κ2) is 7.42. The molecule has 0 spiro atoms. The highest BCUT2D eigenvalue weighted by Gasteiger charge is 2.32. The Morgan fingerprint density at radius 1 is 1.35 bits per heavy atom. The number of carbonyl (C=O) groups excluding carboxylic acids is 1. The summed E-state index contributed by atoms with van der Waals surface area (Å²) < 4.78 is 42.2. The predicted octanol–water partition coefficient (Wildman–Crippen LogP) is 2.62. The number of alkyl halides is 3. The van der Waals surface area contributed by atoms with Gasteiger partial charge in [-0.15, -0.1) is 13.2 Å². The summed E-state index contributed by atoms with van der Waals surface area (Å²) >= 11 is 0. The quantitative estimate of drug-likeness (QED) is 0.621. The van der Waals surface area contributed by atoms with Crippen molar-refractivity contribution in [3.63, 3.8) is 0 Å². The van der Waals surface area contributed by atoms with Gasteiger partial charge in [0.2, 0.25) is 5.91 Å². The molecule has 11 heteroatoms. The number of amides is 1. The number of hydrogen-bond acceptors (Lipinski definition) is 5. The summed E-state index contributed by atoms with van der Waals surface area (Å²) in [6, 6.07) is 5.41. The molecule has 0 saturated carbocycles. The number of para-hydroxylation sites is 1. The van der Waals surface area contributed by atoms with Gasteiger partial charge < -0.3 is 10.1 Å². The van der Waals surface area contributed by atoms with E-state index < -0.39 is 22.9 Å². The molecule has 2 aromatic rings. The summed E-state index contributed by atoms with van der Waals surface area (Å²) in [4.78, 5) is 22.4. The molecule has 1 amide bonds. The zero-order chi connectivity index (χ0) is 19.5. The molecular formula is C15H15F3N4O4. The maximum atomic E-state index is 12.4. The number of nitro groups is 1. The molecule has 140 valence electrons. The summed E-state index contributed by atoms with van der Waals surface area (Å²) in [5.41, 5.74) is 0.340. The van der Waals surface area contributed by atoms with Gasteiger partial charge in [-0.3, -0.25) is 19.6 Å². The van der Waals surface area contributed by atoms with Crippen LogP contribution in [0.5, 0.6) is 5.75 Å². The van der Waals surface area contributed by atoms with Crippen LogP contribution < -0.4 is 10.1 Å². The molecule has 8 nitrogen and oxygen atoms in total. The van der Waals surface area contributed by atoms with Gasteiger partial charge in [0.1, 0.15) is 23.7 Å². The van der Waals surface area contributed by atoms with Crippen molar-refractivity contribution in [2.24, 2.45) is 0 Å². The third-order valence-electron chi connectivity index (χ3n) is 3.49. The van der Waals surface area contributed by atoms with E-state index in [0.717, 1.165) is 6.07 Å². The molecule has 1 N–H and O–H groups in total. The fraction of sp³-hybridized carbons (Fsp3) is 0.333. The molecular weight excluding hydrogens is 357 g/mol. The van der Waals surface area contributed by atoms with Crippen molar-refractivity contribution in [1.82, 2.24) is 15.1 Å². The molecule has 0 atom stereocenters. The Balaban J connectivity index is 2.05. The molecule has 1 aromatic carbocycles. The lowest BCUT2D eigenvalue weighted by molar-refractivity contribution is -0.386. The average Bonchev–Trinajstić information content (AvgIpc) is 2.79. The van der Waals surface area contributed by atoms with E-state index in [2.05, 4.69) is 15.2 Å². The van der Waals surface area contributed by atoms with Crippen LogP contribution in [0.15, 0.2) is 24.3 Å². The van der Waals surface area contributed by atoms with E-state index in [1.807, 2.05) is 0 Å². The Morgan fingerprint density at radius 2 is 2.00 bits per heavy atom. The van der Waals surface area contributed by atoms with Crippen molar-refractivity contribution in [3.8, 4) is 5.75 Å². The normalized spacial score (nSPS) is 11.3. The van der Waals surface area contributed by atoms with E-state index >= 15 is 0 Å². The number of ether oxygens (including phenoxy) is 1. The molecule has 0 saturated heterocycles. The van der Waals surface area contributed by atoms with Crippen LogP contribution in [0.3, 0.4) is 0 Å². The zero-order valence-corrected chi connectivity index (χ0v) is 13.8. The lowest BCUT2D eigenvalue weighted by atomic mass is 10.2. The minimum Gasteiger partial charge on any atom is -0.405 e. The summed E-state index contributed by atoms with van der Waals surface area (Å²) in [6.07, 6.45) is -4.84. The first kappa shape index (κ1) is 19.2. The number of hydrogen-bond donors (Lipinski definition) is 1. The first-order chi connectivity index (χ1) is 12.1. The number of nitrogens with one attached hydrogen (secondary N) is 1. The summed E-state index contributed by atoms with van der Waals surface area (Å²) in [5, 5.41) is 17.3. The van der Waals surface area contributed by atoms with Gasteiger partial charge in [0.25, 0.3) is 0 Å². The Morgan fingerprint density at radius 3 is 2.58 bits per heavy atom. The monoisotopic (exact) mass is 372 g/mol. The fourth-order valence-electron chi connectivity index (χ4n) is 2.37. The van der Waals surface area contributed by atoms with E-state index in [9.17, 15) is 28.1 Å². The first-order valence-corrected chi connectivity index (χ1v) is 7.37. The third-order valence-corrected chi connectivity index (χ3v) is 3.49. The van der Waals surface area contributed by atoms with Crippen molar-refractivity contribution >= 4 is 11.6 Å². The molecule has 0 aliphatic heterocycles. The fourth-order valence-corrected chi connectivity index (χ4v) is 2.37. The van der Waals surface area contributed by atoms with Crippen LogP contribution in [-0.4, -0.2) is 27.0 Å². The van der Waals surface area contributed by atoms with Gasteiger partial charge in [-0.25, -0.2) is 0 Å². The van der Waals surface area contributed by atoms with Crippen LogP contribution in [-0.2, 0) is 17.9 Å². The SMILES string of the molecule is Cc1nn(CC(=O)NCc2ccccc2OC(F)(F)F)c(C)c1[N+](=O)[O-]. The van der Waals surface area contributed by atoms with Crippen molar-refractivity contribution in [2.75, 3.05) is 0 Å². The van der Waals surface area contributed by atoms with Crippen molar-refractivity contribution in [1.29, 1.82) is 0 Å². The standard InChI is InChI=1S/C15H15F3N4O4/c1-9-14(22(24)25)10(2)21(20-9)8-13(23)19-7-11-5-3-4-6-12(11)26-15(16,17)18/h3-6H,7-8H2,1-2H3,(H,19,23). The van der Waals surface area contributed by atoms with E-state index in [4.69, 9.17) is 0 Å². The van der Waals surface area contributed by atoms with Crippen molar-refractivity contribution in [2.45, 2.75) is 33.3 Å². The zero-order valence-electron chi connectivity index (χ0n) is 13.8. The number of carbonyl (C=O) groups is 1. The molecule has 0 bridgehead atoms. The van der Waals surface area contributed by atoms with Gasteiger partial charge in [0, 0.05) is 12.1 Å². The number of aromatic nitrogens is 2. The Bertz CT molecular complexity index is 833. The van der Waals surface area contributed by atoms with E-state index in [1.165, 1.54) is 36.7 Å². The first-order valence-electron chi connectivity index (χ1n) is 7.37. The van der Waals surface area contributed by atoms with Crippen LogP contribution >= 0.6 is 0 Å². The van der Waals surface area contributed by atoms with E-state index in [-0.39, 0.29) is 35.7 Å². The minimum atomic E-state index is -4.84. The van der Waals surface area contributed by atoms with Gasteiger partial charge in [0.05, 0.1) is 4.92 Å². The van der Waals surface area contributed by atoms with Gasteiger partial charge in [0.15, 0.2) is 0 Å². The number of rotatable bonds is 6. The van der Waals surface area contributed by atoms with Crippen LogP contribution in [0, 0.1) is 24.0 Å². The molecule has 1 heterocycles. The van der Waals surface area contributed by atoms with Crippen LogP contribution in [0.1, 0.15) is 17.0 Å². The highest BCUT2D eigenvalue weighted by atomic mass is 19.4. The molecule has 1 aromatic heterocycles. The lowest BCUT2D eigenvalue weighted by Crippen LogP contribution is -2.28. The Kier molecular flexibility index (Phi) is 5.48. The minimum absolute atomic E-state index is 0.137. The summed E-state index contributed by atoms with van der Waals surface area (Å²) in [6.45, 7) is 2.40. The smallest absolute Gasteiger partial charge is 0.405 e. The second-order valence-electron chi connectivity index (χ2n) is 5.37. The molecule has 2 rings (SSSR count). The van der Waals surface area contributed by atoms with Gasteiger partial charge in [-0.05, 0) is 19.9 Å². The molecule has 26 heavy (non-hydrogen) atoms. The average molecular weight is 372 g/mol. The summed E-state index contributed by atoms with van der Waals surface area (Å²) in [5.74, 6) is -0.977. The Hall–Kier alpha value is -3.11. The van der Waals surface area contributed by atoms with Crippen LogP contribution in [0.4, 0.5) is 18.9 Å². The lowest BCUT2D eigenvalue weighted by Gasteiger charge is -2.13. The van der Waals surface area contributed by atoms with E-state index in [0.29, 0.717) is 0 Å². The van der Waals surface area contributed by atoms with E-state index in [1.54, 1.807) is 0 Å². The Labute approximate surface area is 145 Å². The van der Waals surface area contributed by atoms with Crippen molar-refractivity contribution in [3.05, 3.63) is 51.3 Å². The molecule has 0 fully saturated rings. The number of nitrogens with zero attached hydrogens (tertiary/aromatic N) is 3. The van der Waals surface area contributed by atoms with Gasteiger partial charge in [-0.1, -0.05) is 18.2 Å². The largest absolute Gasteiger partial charge is 0.573 e. The topological polar surface area (TPSA) is 99.3 Å². The van der Waals surface area contributed by atoms with Crippen LogP contribution in [0.25, 0.3) is 0 Å². The van der Waals surface area contributed by atoms with Crippen molar-refractivity contribution < 1.29 is 27.6 Å². The van der Waals surface area contributed by atoms with Crippen LogP contribution in [0.2, 0.25) is 0 Å². The van der Waals surface area contributed by atoms with Gasteiger partial charge >= 0.3 is 12.0 Å². The maximum Gasteiger partial charge on any atom is 0.573 e. The second-order valence-corrected chi connectivity index (χ2v) is 5.37. The predicted molar refractivity (Wildman–Crippen MR) is 83.3 cm³/mol. The molecule has 0 aliphatic carbocycles. The molecule has 0 radical (unpaired) electrons. The van der Waals surface area contributed by atoms with Gasteiger partial charge in [-0.2, -0.15) is 5.10 Å². The number of halogens is 3. The maximum absolute atomic E-state index is 12.4.